The highest BCUT2D eigenvalue weighted by Crippen LogP contribution is 2.37. The number of aliphatic carboxylic acids is 1. The maximum atomic E-state index is 12.3. The van der Waals surface area contributed by atoms with Crippen LogP contribution in [0.25, 0.3) is 0 Å². The van der Waals surface area contributed by atoms with Crippen LogP contribution in [0.2, 0.25) is 0 Å². The lowest BCUT2D eigenvalue weighted by molar-refractivity contribution is -0.142. The van der Waals surface area contributed by atoms with Gasteiger partial charge in [0.15, 0.2) is 0 Å². The predicted molar refractivity (Wildman–Crippen MR) is 63.8 cm³/mol. The maximum absolute atomic E-state index is 12.3. The van der Waals surface area contributed by atoms with E-state index in [0.29, 0.717) is 6.54 Å². The summed E-state index contributed by atoms with van der Waals surface area (Å²) in [6.45, 7) is 0.753. The molecule has 2 fully saturated rings. The first-order valence-corrected chi connectivity index (χ1v) is 6.41. The molecule has 4 N–H and O–H groups in total. The summed E-state index contributed by atoms with van der Waals surface area (Å²) in [5.41, 5.74) is 5.24. The average Bonchev–Trinajstić information content (AvgIpc) is 2.97. The lowest BCUT2D eigenvalue weighted by Gasteiger charge is -2.28. The second-order valence-electron chi connectivity index (χ2n) is 5.25. The van der Waals surface area contributed by atoms with Gasteiger partial charge in [-0.3, -0.25) is 9.59 Å². The number of hydrogen-bond donors (Lipinski definition) is 3. The lowest BCUT2D eigenvalue weighted by Crippen LogP contribution is -2.51. The quantitative estimate of drug-likeness (QED) is 0.642. The average molecular weight is 256 g/mol. The number of carboxylic acids is 1. The van der Waals surface area contributed by atoms with Gasteiger partial charge in [-0.25, -0.2) is 0 Å². The molecule has 1 amide bonds. The van der Waals surface area contributed by atoms with Gasteiger partial charge in [0.25, 0.3) is 0 Å². The number of carbonyl (C=O) groups is 2. The number of nitrogens with one attached hydrogen (secondary N) is 1. The molecule has 1 aliphatic carbocycles. The van der Waals surface area contributed by atoms with Gasteiger partial charge in [0.2, 0.25) is 5.91 Å². The summed E-state index contributed by atoms with van der Waals surface area (Å²) in [6, 6.07) is -0.431. The van der Waals surface area contributed by atoms with Crippen molar-refractivity contribution in [3.63, 3.8) is 0 Å². The monoisotopic (exact) mass is 256 g/mol. The molecular formula is C12H20N2O4. The molecule has 0 aromatic rings. The number of nitrogens with two attached hydrogens (primary N) is 1. The topological polar surface area (TPSA) is 102 Å². The molecule has 1 aliphatic heterocycles. The molecular weight excluding hydrogens is 236 g/mol. The molecule has 0 bridgehead atoms. The molecule has 1 saturated carbocycles. The summed E-state index contributed by atoms with van der Waals surface area (Å²) >= 11 is 0. The normalized spacial score (nSPS) is 30.3. The molecule has 6 heteroatoms. The van der Waals surface area contributed by atoms with Gasteiger partial charge in [-0.2, -0.15) is 0 Å². The molecule has 2 unspecified atom stereocenters. The number of amides is 1. The highest BCUT2D eigenvalue weighted by molar-refractivity contribution is 5.84. The fraction of sp³-hybridized carbons (Fsp3) is 0.833. The summed E-state index contributed by atoms with van der Waals surface area (Å²) < 4.78 is 5.13. The van der Waals surface area contributed by atoms with Crippen molar-refractivity contribution in [2.75, 3.05) is 19.8 Å². The Hall–Kier alpha value is -1.14. The van der Waals surface area contributed by atoms with Gasteiger partial charge in [-0.1, -0.05) is 12.8 Å². The number of carbonyl (C=O) groups excluding carboxylic acids is 1. The largest absolute Gasteiger partial charge is 0.481 e. The number of rotatable bonds is 4. The minimum atomic E-state index is -0.925. The third kappa shape index (κ3) is 2.35. The molecule has 2 atom stereocenters. The van der Waals surface area contributed by atoms with E-state index in [2.05, 4.69) is 5.32 Å². The van der Waals surface area contributed by atoms with Crippen molar-refractivity contribution >= 4 is 11.9 Å². The number of ether oxygens (including phenoxy) is 1. The molecule has 1 saturated heterocycles. The summed E-state index contributed by atoms with van der Waals surface area (Å²) in [4.78, 5) is 23.3. The molecule has 6 nitrogen and oxygen atoms in total. The Morgan fingerprint density at radius 3 is 2.56 bits per heavy atom. The molecule has 1 heterocycles. The molecule has 0 aromatic heterocycles. The van der Waals surface area contributed by atoms with Crippen molar-refractivity contribution in [1.29, 1.82) is 0 Å². The Kier molecular flexibility index (Phi) is 3.87. The van der Waals surface area contributed by atoms with Crippen LogP contribution in [0.15, 0.2) is 0 Å². The Bertz CT molecular complexity index is 339. The Morgan fingerprint density at radius 1 is 1.33 bits per heavy atom. The second kappa shape index (κ2) is 5.24. The van der Waals surface area contributed by atoms with E-state index >= 15 is 0 Å². The third-order valence-corrected chi connectivity index (χ3v) is 4.15. The zero-order valence-corrected chi connectivity index (χ0v) is 10.4. The molecule has 102 valence electrons. The standard InChI is InChI=1S/C12H20N2O4/c13-7-12(3-1-2-4-12)11(17)14-9-6-18-5-8(9)10(15)16/h8-9H,1-7,13H2,(H,14,17)(H,15,16). The van der Waals surface area contributed by atoms with Crippen LogP contribution in [0.5, 0.6) is 0 Å². The Morgan fingerprint density at radius 2 is 2.00 bits per heavy atom. The predicted octanol–water partition coefficient (Wildman–Crippen LogP) is -0.279. The van der Waals surface area contributed by atoms with Gasteiger partial charge in [0.05, 0.1) is 24.7 Å². The van der Waals surface area contributed by atoms with Crippen LogP contribution < -0.4 is 11.1 Å². The summed E-state index contributed by atoms with van der Waals surface area (Å²) in [5, 5.41) is 11.8. The van der Waals surface area contributed by atoms with Gasteiger partial charge in [-0.05, 0) is 12.8 Å². The van der Waals surface area contributed by atoms with Gasteiger partial charge < -0.3 is 20.9 Å². The molecule has 0 spiro atoms. The van der Waals surface area contributed by atoms with E-state index in [4.69, 9.17) is 15.6 Å². The second-order valence-corrected chi connectivity index (χ2v) is 5.25. The minimum absolute atomic E-state index is 0.107. The van der Waals surface area contributed by atoms with E-state index in [-0.39, 0.29) is 19.1 Å². The van der Waals surface area contributed by atoms with Crippen LogP contribution in [0.4, 0.5) is 0 Å². The fourth-order valence-corrected chi connectivity index (χ4v) is 2.84. The first-order chi connectivity index (χ1) is 8.59. The van der Waals surface area contributed by atoms with Crippen molar-refractivity contribution in [3.8, 4) is 0 Å². The van der Waals surface area contributed by atoms with Crippen LogP contribution in [0, 0.1) is 11.3 Å². The van der Waals surface area contributed by atoms with Gasteiger partial charge in [0.1, 0.15) is 5.92 Å². The summed E-state index contributed by atoms with van der Waals surface area (Å²) in [5.74, 6) is -1.68. The van der Waals surface area contributed by atoms with Gasteiger partial charge in [-0.15, -0.1) is 0 Å². The number of hydrogen-bond acceptors (Lipinski definition) is 4. The van der Waals surface area contributed by atoms with Crippen molar-refractivity contribution in [1.82, 2.24) is 5.32 Å². The summed E-state index contributed by atoms with van der Waals surface area (Å²) in [7, 11) is 0. The van der Waals surface area contributed by atoms with Crippen LogP contribution in [-0.2, 0) is 14.3 Å². The Balaban J connectivity index is 2.00. The molecule has 0 aromatic carbocycles. The van der Waals surface area contributed by atoms with Crippen LogP contribution in [0.1, 0.15) is 25.7 Å². The molecule has 18 heavy (non-hydrogen) atoms. The highest BCUT2D eigenvalue weighted by atomic mass is 16.5. The van der Waals surface area contributed by atoms with Crippen LogP contribution >= 0.6 is 0 Å². The third-order valence-electron chi connectivity index (χ3n) is 4.15. The van der Waals surface area contributed by atoms with E-state index in [1.165, 1.54) is 0 Å². The summed E-state index contributed by atoms with van der Waals surface area (Å²) in [6.07, 6.45) is 3.60. The molecule has 2 aliphatic rings. The van der Waals surface area contributed by atoms with Crippen molar-refractivity contribution < 1.29 is 19.4 Å². The molecule has 2 rings (SSSR count). The minimum Gasteiger partial charge on any atom is -0.481 e. The Labute approximate surface area is 106 Å². The SMILES string of the molecule is NCC1(C(=O)NC2COCC2C(=O)O)CCCC1. The number of carboxylic acid groups (broad SMARTS) is 1. The van der Waals surface area contributed by atoms with Crippen molar-refractivity contribution in [2.45, 2.75) is 31.7 Å². The van der Waals surface area contributed by atoms with Crippen LogP contribution in [0.3, 0.4) is 0 Å². The van der Waals surface area contributed by atoms with E-state index in [1.807, 2.05) is 0 Å². The fourth-order valence-electron chi connectivity index (χ4n) is 2.84. The maximum Gasteiger partial charge on any atom is 0.311 e. The lowest BCUT2D eigenvalue weighted by atomic mass is 9.84. The van der Waals surface area contributed by atoms with Crippen molar-refractivity contribution in [2.24, 2.45) is 17.1 Å². The van der Waals surface area contributed by atoms with E-state index in [0.717, 1.165) is 25.7 Å². The highest BCUT2D eigenvalue weighted by Gasteiger charge is 2.43. The van der Waals surface area contributed by atoms with Crippen molar-refractivity contribution in [3.05, 3.63) is 0 Å². The smallest absolute Gasteiger partial charge is 0.311 e. The van der Waals surface area contributed by atoms with Crippen LogP contribution in [-0.4, -0.2) is 42.8 Å². The van der Waals surface area contributed by atoms with E-state index in [9.17, 15) is 9.59 Å². The van der Waals surface area contributed by atoms with E-state index in [1.54, 1.807) is 0 Å². The van der Waals surface area contributed by atoms with E-state index < -0.39 is 23.3 Å². The zero-order chi connectivity index (χ0) is 13.2. The van der Waals surface area contributed by atoms with Gasteiger partial charge in [0, 0.05) is 6.54 Å². The first-order valence-electron chi connectivity index (χ1n) is 6.41. The zero-order valence-electron chi connectivity index (χ0n) is 10.4. The molecule has 0 radical (unpaired) electrons. The van der Waals surface area contributed by atoms with Gasteiger partial charge >= 0.3 is 5.97 Å². The first kappa shape index (κ1) is 13.3.